The van der Waals surface area contributed by atoms with Gasteiger partial charge in [0.1, 0.15) is 4.99 Å². The first-order valence-electron chi connectivity index (χ1n) is 6.31. The van der Waals surface area contributed by atoms with Crippen LogP contribution in [-0.4, -0.2) is 29.8 Å². The summed E-state index contributed by atoms with van der Waals surface area (Å²) in [5.41, 5.74) is 7.36. The van der Waals surface area contributed by atoms with Crippen molar-refractivity contribution >= 4 is 34.5 Å². The van der Waals surface area contributed by atoms with E-state index < -0.39 is 0 Å². The van der Waals surface area contributed by atoms with Crippen molar-refractivity contribution < 1.29 is 4.74 Å². The first-order chi connectivity index (χ1) is 8.80. The molecule has 104 valence electrons. The maximum absolute atomic E-state index is 6.23. The van der Waals surface area contributed by atoms with Crippen LogP contribution in [0, 0.1) is 0 Å². The largest absolute Gasteiger partial charge is 0.389 e. The van der Waals surface area contributed by atoms with Crippen LogP contribution in [0.4, 0.5) is 5.69 Å². The van der Waals surface area contributed by atoms with Crippen LogP contribution in [0.1, 0.15) is 26.3 Å². The zero-order valence-corrected chi connectivity index (χ0v) is 13.0. The van der Waals surface area contributed by atoms with Crippen molar-refractivity contribution in [2.24, 2.45) is 5.73 Å². The predicted molar refractivity (Wildman–Crippen MR) is 84.2 cm³/mol. The number of hydrogen-bond acceptors (Lipinski definition) is 3. The molecule has 1 unspecified atom stereocenters. The summed E-state index contributed by atoms with van der Waals surface area (Å²) in [6.07, 6.45) is 0.155. The lowest BCUT2D eigenvalue weighted by Gasteiger charge is -2.43. The highest BCUT2D eigenvalue weighted by Crippen LogP contribution is 2.32. The Morgan fingerprint density at radius 1 is 1.53 bits per heavy atom. The van der Waals surface area contributed by atoms with E-state index in [1.807, 2.05) is 18.2 Å². The third-order valence-corrected chi connectivity index (χ3v) is 3.67. The SMILES string of the molecule is CC1CN(c2cccc(Cl)c2C(N)=S)CC(C)(C)O1. The van der Waals surface area contributed by atoms with E-state index in [4.69, 9.17) is 34.3 Å². The number of benzene rings is 1. The fourth-order valence-corrected chi connectivity index (χ4v) is 3.20. The fraction of sp³-hybridized carbons (Fsp3) is 0.500. The number of hydrogen-bond donors (Lipinski definition) is 1. The van der Waals surface area contributed by atoms with Crippen molar-refractivity contribution in [2.75, 3.05) is 18.0 Å². The highest BCUT2D eigenvalue weighted by Gasteiger charge is 2.32. The van der Waals surface area contributed by atoms with Crippen LogP contribution < -0.4 is 10.6 Å². The van der Waals surface area contributed by atoms with E-state index in [9.17, 15) is 0 Å². The summed E-state index contributed by atoms with van der Waals surface area (Å²) in [5.74, 6) is 0. The van der Waals surface area contributed by atoms with E-state index in [1.165, 1.54) is 0 Å². The monoisotopic (exact) mass is 298 g/mol. The Balaban J connectivity index is 2.41. The molecule has 2 N–H and O–H groups in total. The van der Waals surface area contributed by atoms with E-state index in [2.05, 4.69) is 25.7 Å². The van der Waals surface area contributed by atoms with Crippen LogP contribution in [0.2, 0.25) is 5.02 Å². The van der Waals surface area contributed by atoms with Gasteiger partial charge in [-0.15, -0.1) is 0 Å². The summed E-state index contributed by atoms with van der Waals surface area (Å²) in [6, 6.07) is 5.75. The molecule has 1 fully saturated rings. The van der Waals surface area contributed by atoms with Gasteiger partial charge in [-0.25, -0.2) is 0 Å². The molecule has 5 heteroatoms. The minimum atomic E-state index is -0.201. The van der Waals surface area contributed by atoms with Crippen LogP contribution >= 0.6 is 23.8 Å². The molecule has 0 aliphatic carbocycles. The molecule has 0 radical (unpaired) electrons. The van der Waals surface area contributed by atoms with Crippen LogP contribution in [0.25, 0.3) is 0 Å². The van der Waals surface area contributed by atoms with Crippen molar-refractivity contribution in [1.29, 1.82) is 0 Å². The van der Waals surface area contributed by atoms with Gasteiger partial charge in [0.05, 0.1) is 22.3 Å². The van der Waals surface area contributed by atoms with Crippen LogP contribution in [0.15, 0.2) is 18.2 Å². The molecule has 3 nitrogen and oxygen atoms in total. The molecule has 19 heavy (non-hydrogen) atoms. The number of thiocarbonyl (C=S) groups is 1. The van der Waals surface area contributed by atoms with Gasteiger partial charge in [-0.1, -0.05) is 29.9 Å². The normalized spacial score (nSPS) is 22.3. The maximum atomic E-state index is 6.23. The van der Waals surface area contributed by atoms with Gasteiger partial charge in [-0.2, -0.15) is 0 Å². The molecule has 0 bridgehead atoms. The molecule has 1 aromatic carbocycles. The maximum Gasteiger partial charge on any atom is 0.107 e. The van der Waals surface area contributed by atoms with Crippen molar-refractivity contribution in [1.82, 2.24) is 0 Å². The highest BCUT2D eigenvalue weighted by molar-refractivity contribution is 7.80. The average Bonchev–Trinajstić information content (AvgIpc) is 2.25. The van der Waals surface area contributed by atoms with Crippen molar-refractivity contribution in [2.45, 2.75) is 32.5 Å². The number of anilines is 1. The van der Waals surface area contributed by atoms with Crippen molar-refractivity contribution in [3.05, 3.63) is 28.8 Å². The van der Waals surface area contributed by atoms with E-state index in [-0.39, 0.29) is 11.7 Å². The highest BCUT2D eigenvalue weighted by atomic mass is 35.5. The van der Waals surface area contributed by atoms with E-state index in [0.29, 0.717) is 10.0 Å². The van der Waals surface area contributed by atoms with Crippen LogP contribution in [0.3, 0.4) is 0 Å². The molecule has 1 aliphatic rings. The second kappa shape index (κ2) is 5.27. The summed E-state index contributed by atoms with van der Waals surface area (Å²) in [4.78, 5) is 2.58. The van der Waals surface area contributed by atoms with Crippen LogP contribution in [-0.2, 0) is 4.74 Å². The molecule has 1 aliphatic heterocycles. The molecule has 0 amide bonds. The molecule has 2 rings (SSSR count). The van der Waals surface area contributed by atoms with E-state index in [0.717, 1.165) is 24.3 Å². The van der Waals surface area contributed by atoms with Crippen molar-refractivity contribution in [3.63, 3.8) is 0 Å². The van der Waals surface area contributed by atoms with Gasteiger partial charge in [-0.3, -0.25) is 0 Å². The second-order valence-electron chi connectivity index (χ2n) is 5.57. The Labute approximate surface area is 124 Å². The lowest BCUT2D eigenvalue weighted by molar-refractivity contribution is -0.0749. The first-order valence-corrected chi connectivity index (χ1v) is 7.10. The lowest BCUT2D eigenvalue weighted by atomic mass is 10.0. The number of rotatable bonds is 2. The Morgan fingerprint density at radius 2 is 2.21 bits per heavy atom. The summed E-state index contributed by atoms with van der Waals surface area (Å²) >= 11 is 11.4. The lowest BCUT2D eigenvalue weighted by Crippen LogP contribution is -2.52. The quantitative estimate of drug-likeness (QED) is 0.852. The van der Waals surface area contributed by atoms with Gasteiger partial charge < -0.3 is 15.4 Å². The zero-order valence-electron chi connectivity index (χ0n) is 11.4. The molecule has 0 saturated carbocycles. The standard InChI is InChI=1S/C14H19ClN2OS/c1-9-7-17(8-14(2,3)18-9)11-6-4-5-10(15)12(11)13(16)19/h4-6,9H,7-8H2,1-3H3,(H2,16,19). The third-order valence-electron chi connectivity index (χ3n) is 3.15. The molecular formula is C14H19ClN2OS. The average molecular weight is 299 g/mol. The topological polar surface area (TPSA) is 38.5 Å². The van der Waals surface area contributed by atoms with E-state index >= 15 is 0 Å². The van der Waals surface area contributed by atoms with E-state index in [1.54, 1.807) is 0 Å². The summed E-state index contributed by atoms with van der Waals surface area (Å²) < 4.78 is 5.92. The minimum Gasteiger partial charge on any atom is -0.389 e. The zero-order chi connectivity index (χ0) is 14.2. The van der Waals surface area contributed by atoms with Gasteiger partial charge in [-0.05, 0) is 32.9 Å². The van der Waals surface area contributed by atoms with Gasteiger partial charge in [0.2, 0.25) is 0 Å². The molecule has 1 heterocycles. The van der Waals surface area contributed by atoms with Gasteiger partial charge in [0.15, 0.2) is 0 Å². The summed E-state index contributed by atoms with van der Waals surface area (Å²) in [6.45, 7) is 7.83. The minimum absolute atomic E-state index is 0.155. The Bertz CT molecular complexity index is 504. The summed E-state index contributed by atoms with van der Waals surface area (Å²) in [5, 5.41) is 0.599. The summed E-state index contributed by atoms with van der Waals surface area (Å²) in [7, 11) is 0. The van der Waals surface area contributed by atoms with Crippen LogP contribution in [0.5, 0.6) is 0 Å². The molecule has 0 spiro atoms. The smallest absolute Gasteiger partial charge is 0.107 e. The van der Waals surface area contributed by atoms with Gasteiger partial charge in [0.25, 0.3) is 0 Å². The molecular weight excluding hydrogens is 280 g/mol. The molecule has 0 aromatic heterocycles. The number of nitrogens with zero attached hydrogens (tertiary/aromatic N) is 1. The molecule has 1 atom stereocenters. The predicted octanol–water partition coefficient (Wildman–Crippen LogP) is 2.98. The number of morpholine rings is 1. The second-order valence-corrected chi connectivity index (χ2v) is 6.41. The van der Waals surface area contributed by atoms with Crippen molar-refractivity contribution in [3.8, 4) is 0 Å². The molecule has 1 saturated heterocycles. The Hall–Kier alpha value is -0.840. The Morgan fingerprint density at radius 3 is 2.79 bits per heavy atom. The first kappa shape index (κ1) is 14.6. The molecule has 1 aromatic rings. The van der Waals surface area contributed by atoms with Gasteiger partial charge in [0, 0.05) is 18.8 Å². The number of ether oxygens (including phenoxy) is 1. The number of nitrogens with two attached hydrogens (primary N) is 1. The Kier molecular flexibility index (Phi) is 4.04. The fourth-order valence-electron chi connectivity index (χ4n) is 2.66. The van der Waals surface area contributed by atoms with Gasteiger partial charge >= 0.3 is 0 Å². The number of halogens is 1. The third kappa shape index (κ3) is 3.19.